The van der Waals surface area contributed by atoms with E-state index in [1.165, 1.54) is 13.8 Å². The fourth-order valence-electron chi connectivity index (χ4n) is 1.04. The minimum absolute atomic E-state index is 0.162. The molecule has 0 saturated carbocycles. The Labute approximate surface area is 87.7 Å². The second-order valence-electron chi connectivity index (χ2n) is 3.32. The number of hydrogen-bond acceptors (Lipinski definition) is 4. The number of carbonyl (C=O) groups is 3. The highest BCUT2D eigenvalue weighted by atomic mass is 16.5. The molecule has 2 atom stereocenters. The van der Waals surface area contributed by atoms with Gasteiger partial charge in [0.05, 0.1) is 0 Å². The van der Waals surface area contributed by atoms with Crippen LogP contribution in [-0.4, -0.2) is 28.9 Å². The van der Waals surface area contributed by atoms with Crippen LogP contribution >= 0.6 is 0 Å². The van der Waals surface area contributed by atoms with Crippen molar-refractivity contribution in [2.45, 2.75) is 26.9 Å². The molecule has 5 nitrogen and oxygen atoms in total. The molecule has 0 saturated heterocycles. The van der Waals surface area contributed by atoms with Crippen molar-refractivity contribution in [2.24, 2.45) is 5.92 Å². The molecule has 0 aliphatic carbocycles. The average Bonchev–Trinajstić information content (AvgIpc) is 2.01. The van der Waals surface area contributed by atoms with Gasteiger partial charge in [0.2, 0.25) is 0 Å². The van der Waals surface area contributed by atoms with Crippen molar-refractivity contribution < 1.29 is 24.2 Å². The summed E-state index contributed by atoms with van der Waals surface area (Å²) >= 11 is 0. The van der Waals surface area contributed by atoms with Gasteiger partial charge in [-0.15, -0.1) is 0 Å². The number of carbonyl (C=O) groups excluding carboxylic acids is 2. The first kappa shape index (κ1) is 13.4. The fourth-order valence-corrected chi connectivity index (χ4v) is 1.04. The molecule has 0 aromatic carbocycles. The van der Waals surface area contributed by atoms with E-state index in [9.17, 15) is 14.4 Å². The minimum Gasteiger partial charge on any atom is -0.481 e. The summed E-state index contributed by atoms with van der Waals surface area (Å²) in [6.07, 6.45) is -0.996. The Kier molecular flexibility index (Phi) is 4.70. The van der Waals surface area contributed by atoms with E-state index >= 15 is 0 Å². The lowest BCUT2D eigenvalue weighted by molar-refractivity contribution is -0.157. The molecule has 1 N–H and O–H groups in total. The van der Waals surface area contributed by atoms with Gasteiger partial charge in [-0.1, -0.05) is 6.58 Å². The molecule has 0 heterocycles. The highest BCUT2D eigenvalue weighted by Gasteiger charge is 2.31. The molecule has 2 unspecified atom stereocenters. The summed E-state index contributed by atoms with van der Waals surface area (Å²) in [5.41, 5.74) is 0.162. The number of Topliss-reactive ketones (excluding diaryl/α,β-unsaturated/α-hetero) is 1. The Hall–Kier alpha value is -1.65. The first-order valence-corrected chi connectivity index (χ1v) is 4.37. The third kappa shape index (κ3) is 3.93. The SMILES string of the molecule is C=C(C)C(=O)OC(C)C(C(C)=O)C(=O)O. The Balaban J connectivity index is 4.60. The van der Waals surface area contributed by atoms with Crippen molar-refractivity contribution in [2.75, 3.05) is 0 Å². The number of rotatable bonds is 5. The third-order valence-electron chi connectivity index (χ3n) is 1.81. The van der Waals surface area contributed by atoms with Crippen LogP contribution in [0.3, 0.4) is 0 Å². The molecule has 0 amide bonds. The third-order valence-corrected chi connectivity index (χ3v) is 1.81. The molecule has 0 fully saturated rings. The highest BCUT2D eigenvalue weighted by molar-refractivity contribution is 5.98. The van der Waals surface area contributed by atoms with E-state index in [-0.39, 0.29) is 5.57 Å². The Morgan fingerprint density at radius 1 is 1.27 bits per heavy atom. The summed E-state index contributed by atoms with van der Waals surface area (Å²) in [5, 5.41) is 8.73. The number of ketones is 1. The predicted molar refractivity (Wildman–Crippen MR) is 52.2 cm³/mol. The van der Waals surface area contributed by atoms with Gasteiger partial charge in [-0.3, -0.25) is 9.59 Å². The molecule has 0 aliphatic heterocycles. The van der Waals surface area contributed by atoms with E-state index in [1.807, 2.05) is 0 Å². The normalized spacial score (nSPS) is 13.8. The van der Waals surface area contributed by atoms with Crippen LogP contribution in [0.2, 0.25) is 0 Å². The Bertz CT molecular complexity index is 291. The van der Waals surface area contributed by atoms with E-state index in [1.54, 1.807) is 0 Å². The molecule has 0 aromatic rings. The van der Waals surface area contributed by atoms with Crippen molar-refractivity contribution in [1.82, 2.24) is 0 Å². The lowest BCUT2D eigenvalue weighted by Crippen LogP contribution is -2.35. The van der Waals surface area contributed by atoms with E-state index < -0.39 is 29.7 Å². The zero-order valence-electron chi connectivity index (χ0n) is 8.94. The second-order valence-corrected chi connectivity index (χ2v) is 3.32. The smallest absolute Gasteiger partial charge is 0.333 e. The number of carboxylic acids is 1. The summed E-state index contributed by atoms with van der Waals surface area (Å²) in [5.74, 6) is -3.88. The van der Waals surface area contributed by atoms with Crippen LogP contribution in [0.25, 0.3) is 0 Å². The van der Waals surface area contributed by atoms with Gasteiger partial charge in [-0.05, 0) is 20.8 Å². The quantitative estimate of drug-likeness (QED) is 0.415. The van der Waals surface area contributed by atoms with Crippen molar-refractivity contribution in [3.8, 4) is 0 Å². The predicted octanol–water partition coefficient (Wildman–Crippen LogP) is 0.784. The number of ether oxygens (including phenoxy) is 1. The second kappa shape index (κ2) is 5.29. The monoisotopic (exact) mass is 214 g/mol. The number of hydrogen-bond donors (Lipinski definition) is 1. The zero-order chi connectivity index (χ0) is 12.2. The molecule has 0 aliphatic rings. The molecule has 0 spiro atoms. The van der Waals surface area contributed by atoms with Gasteiger partial charge in [0.15, 0.2) is 5.92 Å². The Morgan fingerprint density at radius 2 is 1.73 bits per heavy atom. The van der Waals surface area contributed by atoms with Gasteiger partial charge in [0, 0.05) is 5.57 Å². The molecule has 0 bridgehead atoms. The molecular formula is C10H14O5. The summed E-state index contributed by atoms with van der Waals surface area (Å²) in [7, 11) is 0. The average molecular weight is 214 g/mol. The van der Waals surface area contributed by atoms with E-state index in [0.717, 1.165) is 6.92 Å². The lowest BCUT2D eigenvalue weighted by atomic mass is 10.00. The van der Waals surface area contributed by atoms with Gasteiger partial charge >= 0.3 is 11.9 Å². The summed E-state index contributed by atoms with van der Waals surface area (Å²) < 4.78 is 4.76. The maximum Gasteiger partial charge on any atom is 0.333 e. The first-order valence-electron chi connectivity index (χ1n) is 4.37. The van der Waals surface area contributed by atoms with Crippen molar-refractivity contribution in [3.05, 3.63) is 12.2 Å². The van der Waals surface area contributed by atoms with Crippen molar-refractivity contribution in [1.29, 1.82) is 0 Å². The standard InChI is InChI=1S/C10H14O5/c1-5(2)10(14)15-7(4)8(6(3)11)9(12)13/h7-8H,1H2,2-4H3,(H,12,13). The molecular weight excluding hydrogens is 200 g/mol. The van der Waals surface area contributed by atoms with Crippen molar-refractivity contribution in [3.63, 3.8) is 0 Å². The maximum absolute atomic E-state index is 11.1. The molecule has 84 valence electrons. The molecule has 0 aromatic heterocycles. The van der Waals surface area contributed by atoms with Crippen LogP contribution in [0.5, 0.6) is 0 Å². The fraction of sp³-hybridized carbons (Fsp3) is 0.500. The lowest BCUT2D eigenvalue weighted by Gasteiger charge is -2.18. The summed E-state index contributed by atoms with van der Waals surface area (Å²) in [6, 6.07) is 0. The van der Waals surface area contributed by atoms with Crippen LogP contribution in [0.15, 0.2) is 12.2 Å². The van der Waals surface area contributed by atoms with E-state index in [2.05, 4.69) is 6.58 Å². The molecule has 0 rings (SSSR count). The number of aliphatic carboxylic acids is 1. The van der Waals surface area contributed by atoms with Gasteiger partial charge in [-0.2, -0.15) is 0 Å². The van der Waals surface area contributed by atoms with Gasteiger partial charge in [0.25, 0.3) is 0 Å². The Morgan fingerprint density at radius 3 is 2.00 bits per heavy atom. The molecule has 0 radical (unpaired) electrons. The van der Waals surface area contributed by atoms with E-state index in [4.69, 9.17) is 9.84 Å². The molecule has 15 heavy (non-hydrogen) atoms. The zero-order valence-corrected chi connectivity index (χ0v) is 8.94. The minimum atomic E-state index is -1.33. The summed E-state index contributed by atoms with van der Waals surface area (Å²) in [4.78, 5) is 32.8. The van der Waals surface area contributed by atoms with Crippen LogP contribution in [-0.2, 0) is 19.1 Å². The van der Waals surface area contributed by atoms with Crippen LogP contribution < -0.4 is 0 Å². The van der Waals surface area contributed by atoms with Gasteiger partial charge in [-0.25, -0.2) is 4.79 Å². The van der Waals surface area contributed by atoms with Crippen LogP contribution in [0.1, 0.15) is 20.8 Å². The topological polar surface area (TPSA) is 80.7 Å². The summed E-state index contributed by atoms with van der Waals surface area (Å²) in [6.45, 7) is 7.30. The van der Waals surface area contributed by atoms with Gasteiger partial charge in [0.1, 0.15) is 11.9 Å². The number of carboxylic acid groups (broad SMARTS) is 1. The maximum atomic E-state index is 11.1. The first-order chi connectivity index (χ1) is 6.77. The van der Waals surface area contributed by atoms with Crippen LogP contribution in [0, 0.1) is 5.92 Å². The highest BCUT2D eigenvalue weighted by Crippen LogP contribution is 2.11. The van der Waals surface area contributed by atoms with Crippen molar-refractivity contribution >= 4 is 17.7 Å². The van der Waals surface area contributed by atoms with E-state index in [0.29, 0.717) is 0 Å². The molecule has 5 heteroatoms. The number of esters is 1. The largest absolute Gasteiger partial charge is 0.481 e. The van der Waals surface area contributed by atoms with Gasteiger partial charge < -0.3 is 9.84 Å². The van der Waals surface area contributed by atoms with Crippen LogP contribution in [0.4, 0.5) is 0 Å².